The maximum atomic E-state index is 12.9. The molecule has 9 heteroatoms. The fourth-order valence-electron chi connectivity index (χ4n) is 4.41. The minimum Gasteiger partial charge on any atom is -0.458 e. The molecular formula is C21H24N4O5. The summed E-state index contributed by atoms with van der Waals surface area (Å²) in [7, 11) is 0. The molecule has 0 bridgehead atoms. The molecule has 9 nitrogen and oxygen atoms in total. The van der Waals surface area contributed by atoms with E-state index >= 15 is 0 Å². The highest BCUT2D eigenvalue weighted by Gasteiger charge is 2.55. The summed E-state index contributed by atoms with van der Waals surface area (Å²) < 4.78 is 6.66. The highest BCUT2D eigenvalue weighted by Crippen LogP contribution is 2.38. The SMILES string of the molecule is Cc1cccc2nc(COC(=O)CN3C(=O)N[C@]4(CCCC[C@@H]4C)C3=O)cc(=O)n12. The first-order valence-electron chi connectivity index (χ1n) is 10.1. The molecule has 1 N–H and O–H groups in total. The summed E-state index contributed by atoms with van der Waals surface area (Å²) in [5.41, 5.74) is 0.316. The Labute approximate surface area is 173 Å². The molecule has 0 radical (unpaired) electrons. The van der Waals surface area contributed by atoms with E-state index in [9.17, 15) is 19.2 Å². The van der Waals surface area contributed by atoms with Crippen molar-refractivity contribution in [2.45, 2.75) is 51.7 Å². The Hall–Kier alpha value is -3.23. The number of fused-ring (bicyclic) bond motifs is 1. The third-order valence-electron chi connectivity index (χ3n) is 6.10. The molecule has 1 aliphatic carbocycles. The third-order valence-corrected chi connectivity index (χ3v) is 6.10. The van der Waals surface area contributed by atoms with Crippen LogP contribution in [-0.2, 0) is 20.9 Å². The lowest BCUT2D eigenvalue weighted by Gasteiger charge is -2.36. The van der Waals surface area contributed by atoms with Gasteiger partial charge in [0, 0.05) is 11.8 Å². The average Bonchev–Trinajstić information content (AvgIpc) is 2.93. The van der Waals surface area contributed by atoms with Crippen molar-refractivity contribution < 1.29 is 19.1 Å². The van der Waals surface area contributed by atoms with Crippen molar-refractivity contribution in [2.24, 2.45) is 5.92 Å². The number of hydrogen-bond acceptors (Lipinski definition) is 6. The minimum atomic E-state index is -0.915. The summed E-state index contributed by atoms with van der Waals surface area (Å²) in [5.74, 6) is -1.08. The molecule has 1 saturated heterocycles. The standard InChI is InChI=1S/C21H24N4O5/c1-13-6-3-4-9-21(13)19(28)24(20(29)23-21)11-18(27)30-12-15-10-17(26)25-14(2)7-5-8-16(25)22-15/h5,7-8,10,13H,3-4,6,9,11-12H2,1-2H3,(H,23,29)/t13-,21-/m0/s1. The Morgan fingerprint density at radius 1 is 1.30 bits per heavy atom. The molecule has 158 valence electrons. The monoisotopic (exact) mass is 412 g/mol. The van der Waals surface area contributed by atoms with Crippen molar-refractivity contribution in [3.63, 3.8) is 0 Å². The van der Waals surface area contributed by atoms with Crippen LogP contribution in [0.15, 0.2) is 29.1 Å². The van der Waals surface area contributed by atoms with Gasteiger partial charge in [-0.25, -0.2) is 9.78 Å². The van der Waals surface area contributed by atoms with Gasteiger partial charge in [-0.2, -0.15) is 0 Å². The third kappa shape index (κ3) is 3.34. The molecule has 0 aromatic carbocycles. The molecule has 4 rings (SSSR count). The van der Waals surface area contributed by atoms with Crippen LogP contribution in [0.3, 0.4) is 0 Å². The fraction of sp³-hybridized carbons (Fsp3) is 0.476. The zero-order chi connectivity index (χ0) is 21.5. The molecule has 1 aliphatic heterocycles. The molecule has 3 heterocycles. The number of pyridine rings is 1. The molecule has 2 aromatic heterocycles. The highest BCUT2D eigenvalue weighted by atomic mass is 16.5. The largest absolute Gasteiger partial charge is 0.458 e. The summed E-state index contributed by atoms with van der Waals surface area (Å²) in [6.07, 6.45) is 3.31. The van der Waals surface area contributed by atoms with Crippen LogP contribution in [0, 0.1) is 12.8 Å². The number of aromatic nitrogens is 2. The zero-order valence-corrected chi connectivity index (χ0v) is 17.0. The van der Waals surface area contributed by atoms with Crippen molar-refractivity contribution in [3.8, 4) is 0 Å². The minimum absolute atomic E-state index is 0.0157. The van der Waals surface area contributed by atoms with Gasteiger partial charge in [0.1, 0.15) is 24.3 Å². The highest BCUT2D eigenvalue weighted by molar-refractivity contribution is 6.08. The second kappa shape index (κ2) is 7.55. The number of ether oxygens (including phenoxy) is 1. The number of esters is 1. The van der Waals surface area contributed by atoms with Gasteiger partial charge in [-0.1, -0.05) is 25.8 Å². The number of carbonyl (C=O) groups is 3. The second-order valence-corrected chi connectivity index (χ2v) is 8.05. The first-order valence-corrected chi connectivity index (χ1v) is 10.1. The van der Waals surface area contributed by atoms with E-state index in [-0.39, 0.29) is 24.0 Å². The van der Waals surface area contributed by atoms with Crippen molar-refractivity contribution in [1.82, 2.24) is 19.6 Å². The Kier molecular flexibility index (Phi) is 5.05. The van der Waals surface area contributed by atoms with Gasteiger partial charge in [0.15, 0.2) is 0 Å². The van der Waals surface area contributed by atoms with Gasteiger partial charge < -0.3 is 10.1 Å². The maximum Gasteiger partial charge on any atom is 0.326 e. The number of imide groups is 1. The molecular weight excluding hydrogens is 388 g/mol. The zero-order valence-electron chi connectivity index (χ0n) is 17.0. The van der Waals surface area contributed by atoms with E-state index in [2.05, 4.69) is 10.3 Å². The summed E-state index contributed by atoms with van der Waals surface area (Å²) in [4.78, 5) is 55.2. The number of nitrogens with one attached hydrogen (secondary N) is 1. The predicted molar refractivity (Wildman–Crippen MR) is 107 cm³/mol. The van der Waals surface area contributed by atoms with Gasteiger partial charge in [-0.15, -0.1) is 0 Å². The van der Waals surface area contributed by atoms with Crippen LogP contribution in [-0.4, -0.2) is 44.3 Å². The molecule has 3 amide bonds. The Morgan fingerprint density at radius 2 is 2.10 bits per heavy atom. The van der Waals surface area contributed by atoms with Crippen molar-refractivity contribution in [1.29, 1.82) is 0 Å². The Balaban J connectivity index is 1.43. The molecule has 2 aromatic rings. The van der Waals surface area contributed by atoms with Gasteiger partial charge in [-0.05, 0) is 37.8 Å². The average molecular weight is 412 g/mol. The van der Waals surface area contributed by atoms with Gasteiger partial charge in [0.2, 0.25) is 0 Å². The lowest BCUT2D eigenvalue weighted by atomic mass is 9.73. The number of rotatable bonds is 4. The molecule has 1 spiro atoms. The van der Waals surface area contributed by atoms with Gasteiger partial charge in [0.25, 0.3) is 11.5 Å². The molecule has 30 heavy (non-hydrogen) atoms. The molecule has 1 saturated carbocycles. The quantitative estimate of drug-likeness (QED) is 0.603. The van der Waals surface area contributed by atoms with Gasteiger partial charge in [0.05, 0.1) is 5.69 Å². The van der Waals surface area contributed by atoms with Crippen LogP contribution in [0.4, 0.5) is 4.79 Å². The Morgan fingerprint density at radius 3 is 2.87 bits per heavy atom. The van der Waals surface area contributed by atoms with Crippen LogP contribution in [0.1, 0.15) is 44.0 Å². The van der Waals surface area contributed by atoms with Crippen LogP contribution in [0.2, 0.25) is 0 Å². The number of hydrogen-bond donors (Lipinski definition) is 1. The first kappa shape index (κ1) is 20.1. The Bertz CT molecular complexity index is 1090. The lowest BCUT2D eigenvalue weighted by Crippen LogP contribution is -2.54. The van der Waals surface area contributed by atoms with E-state index < -0.39 is 24.1 Å². The van der Waals surface area contributed by atoms with E-state index in [1.54, 1.807) is 25.1 Å². The molecule has 2 fully saturated rings. The first-order chi connectivity index (χ1) is 14.3. The number of amides is 3. The van der Waals surface area contributed by atoms with E-state index in [0.29, 0.717) is 17.8 Å². The molecule has 2 atom stereocenters. The normalized spacial score (nSPS) is 23.8. The summed E-state index contributed by atoms with van der Waals surface area (Å²) in [5, 5.41) is 2.80. The van der Waals surface area contributed by atoms with Crippen LogP contribution < -0.4 is 10.9 Å². The molecule has 0 unspecified atom stereocenters. The number of nitrogens with zero attached hydrogens (tertiary/aromatic N) is 3. The topological polar surface area (TPSA) is 110 Å². The second-order valence-electron chi connectivity index (χ2n) is 8.05. The van der Waals surface area contributed by atoms with Crippen molar-refractivity contribution >= 4 is 23.6 Å². The number of carbonyl (C=O) groups excluding carboxylic acids is 3. The summed E-state index contributed by atoms with van der Waals surface area (Å²) in [6.45, 7) is 3.06. The predicted octanol–water partition coefficient (Wildman–Crippen LogP) is 1.55. The van der Waals surface area contributed by atoms with E-state index in [4.69, 9.17) is 4.74 Å². The summed E-state index contributed by atoms with van der Waals surface area (Å²) in [6, 6.07) is 6.01. The van der Waals surface area contributed by atoms with Gasteiger partial charge >= 0.3 is 12.0 Å². The summed E-state index contributed by atoms with van der Waals surface area (Å²) >= 11 is 0. The van der Waals surface area contributed by atoms with Crippen molar-refractivity contribution in [3.05, 3.63) is 46.0 Å². The number of aryl methyl sites for hydroxylation is 1. The fourth-order valence-corrected chi connectivity index (χ4v) is 4.41. The van der Waals surface area contributed by atoms with Crippen LogP contribution in [0.25, 0.3) is 5.65 Å². The van der Waals surface area contributed by atoms with Crippen molar-refractivity contribution in [2.75, 3.05) is 6.54 Å². The van der Waals surface area contributed by atoms with E-state index in [1.807, 2.05) is 6.92 Å². The van der Waals surface area contributed by atoms with Crippen LogP contribution >= 0.6 is 0 Å². The van der Waals surface area contributed by atoms with E-state index in [0.717, 1.165) is 29.9 Å². The van der Waals surface area contributed by atoms with Crippen LogP contribution in [0.5, 0.6) is 0 Å². The number of urea groups is 1. The van der Waals surface area contributed by atoms with Gasteiger partial charge in [-0.3, -0.25) is 23.7 Å². The van der Waals surface area contributed by atoms with E-state index in [1.165, 1.54) is 10.5 Å². The maximum absolute atomic E-state index is 12.9. The smallest absolute Gasteiger partial charge is 0.326 e. The lowest BCUT2D eigenvalue weighted by molar-refractivity contribution is -0.149. The molecule has 2 aliphatic rings.